The van der Waals surface area contributed by atoms with E-state index < -0.39 is 0 Å². The lowest BCUT2D eigenvalue weighted by atomic mass is 10.0. The highest BCUT2D eigenvalue weighted by molar-refractivity contribution is 5.90. The van der Waals surface area contributed by atoms with Crippen molar-refractivity contribution in [3.63, 3.8) is 0 Å². The minimum absolute atomic E-state index is 0.285. The average molecular weight is 195 g/mol. The van der Waals surface area contributed by atoms with Gasteiger partial charge in [-0.05, 0) is 19.3 Å². The lowest BCUT2D eigenvalue weighted by Crippen LogP contribution is -2.18. The summed E-state index contributed by atoms with van der Waals surface area (Å²) in [7, 11) is 0. The Labute approximate surface area is 86.8 Å². The molecule has 2 nitrogen and oxygen atoms in total. The minimum atomic E-state index is 0.285. The monoisotopic (exact) mass is 195 g/mol. The lowest BCUT2D eigenvalue weighted by Gasteiger charge is -2.14. The predicted molar refractivity (Wildman–Crippen MR) is 59.1 cm³/mol. The van der Waals surface area contributed by atoms with Gasteiger partial charge >= 0.3 is 0 Å². The van der Waals surface area contributed by atoms with Gasteiger partial charge < -0.3 is 5.32 Å². The molecule has 0 saturated carbocycles. The zero-order valence-electron chi connectivity index (χ0n) is 9.14. The maximum absolute atomic E-state index is 11.1. The number of hydrogen-bond acceptors (Lipinski definition) is 2. The summed E-state index contributed by atoms with van der Waals surface area (Å²) in [5.74, 6) is 0.285. The standard InChI is InChI=1S/C12H21NO/c1-2-3-4-5-9-13-11-7-6-8-12(14)10-11/h10,13H,2-9H2,1H3. The van der Waals surface area contributed by atoms with Gasteiger partial charge in [-0.3, -0.25) is 4.79 Å². The first kappa shape index (κ1) is 11.3. The summed E-state index contributed by atoms with van der Waals surface area (Å²) in [5.41, 5.74) is 1.15. The predicted octanol–water partition coefficient (Wildman–Crippen LogP) is 2.79. The van der Waals surface area contributed by atoms with Crippen LogP contribution in [-0.4, -0.2) is 12.3 Å². The number of carbonyl (C=O) groups excluding carboxylic acids is 1. The van der Waals surface area contributed by atoms with Crippen molar-refractivity contribution in [2.45, 2.75) is 51.9 Å². The lowest BCUT2D eigenvalue weighted by molar-refractivity contribution is -0.115. The molecule has 1 aliphatic carbocycles. The van der Waals surface area contributed by atoms with Crippen LogP contribution in [0.5, 0.6) is 0 Å². The zero-order chi connectivity index (χ0) is 10.2. The van der Waals surface area contributed by atoms with Crippen molar-refractivity contribution in [1.82, 2.24) is 5.32 Å². The summed E-state index contributed by atoms with van der Waals surface area (Å²) in [4.78, 5) is 11.1. The molecule has 0 aromatic rings. The van der Waals surface area contributed by atoms with Crippen LogP contribution in [0.15, 0.2) is 11.8 Å². The Morgan fingerprint density at radius 1 is 1.29 bits per heavy atom. The zero-order valence-corrected chi connectivity index (χ0v) is 9.14. The van der Waals surface area contributed by atoms with Gasteiger partial charge in [0.05, 0.1) is 0 Å². The maximum atomic E-state index is 11.1. The summed E-state index contributed by atoms with van der Waals surface area (Å²) < 4.78 is 0. The highest BCUT2D eigenvalue weighted by Crippen LogP contribution is 2.12. The van der Waals surface area contributed by atoms with E-state index in [4.69, 9.17) is 0 Å². The van der Waals surface area contributed by atoms with Crippen molar-refractivity contribution in [2.24, 2.45) is 0 Å². The van der Waals surface area contributed by atoms with E-state index in [0.29, 0.717) is 0 Å². The molecular weight excluding hydrogens is 174 g/mol. The van der Waals surface area contributed by atoms with Crippen LogP contribution < -0.4 is 5.32 Å². The van der Waals surface area contributed by atoms with E-state index >= 15 is 0 Å². The number of rotatable bonds is 6. The molecule has 0 saturated heterocycles. The molecule has 1 N–H and O–H groups in total. The Bertz CT molecular complexity index is 208. The quantitative estimate of drug-likeness (QED) is 0.660. The molecule has 1 aliphatic rings. The molecule has 2 heteroatoms. The second-order valence-electron chi connectivity index (χ2n) is 3.98. The molecule has 0 aromatic carbocycles. The van der Waals surface area contributed by atoms with E-state index in [2.05, 4.69) is 12.2 Å². The third-order valence-electron chi connectivity index (χ3n) is 2.59. The molecule has 0 heterocycles. The van der Waals surface area contributed by atoms with Gasteiger partial charge in [-0.15, -0.1) is 0 Å². The average Bonchev–Trinajstić information content (AvgIpc) is 2.18. The fourth-order valence-electron chi connectivity index (χ4n) is 1.73. The van der Waals surface area contributed by atoms with E-state index in [1.807, 2.05) is 0 Å². The number of carbonyl (C=O) groups is 1. The topological polar surface area (TPSA) is 29.1 Å². The summed E-state index contributed by atoms with van der Waals surface area (Å²) in [5, 5.41) is 3.35. The SMILES string of the molecule is CCCCCCNC1=CC(=O)CCC1. The van der Waals surface area contributed by atoms with Crippen LogP contribution in [0, 0.1) is 0 Å². The van der Waals surface area contributed by atoms with Gasteiger partial charge in [0.1, 0.15) is 0 Å². The third kappa shape index (κ3) is 4.45. The molecule has 0 fully saturated rings. The van der Waals surface area contributed by atoms with Gasteiger partial charge in [0.15, 0.2) is 5.78 Å². The molecule has 80 valence electrons. The van der Waals surface area contributed by atoms with Gasteiger partial charge in [0, 0.05) is 24.7 Å². The summed E-state index contributed by atoms with van der Waals surface area (Å²) in [6.45, 7) is 3.24. The van der Waals surface area contributed by atoms with E-state index in [1.165, 1.54) is 25.7 Å². The molecule has 0 amide bonds. The van der Waals surface area contributed by atoms with Crippen LogP contribution in [0.1, 0.15) is 51.9 Å². The van der Waals surface area contributed by atoms with Crippen molar-refractivity contribution in [3.05, 3.63) is 11.8 Å². The van der Waals surface area contributed by atoms with Crippen molar-refractivity contribution in [1.29, 1.82) is 0 Å². The fraction of sp³-hybridized carbons (Fsp3) is 0.750. The molecule has 0 bridgehead atoms. The smallest absolute Gasteiger partial charge is 0.157 e. The van der Waals surface area contributed by atoms with Crippen LogP contribution in [0.3, 0.4) is 0 Å². The van der Waals surface area contributed by atoms with Gasteiger partial charge in [-0.1, -0.05) is 26.2 Å². The van der Waals surface area contributed by atoms with Crippen molar-refractivity contribution < 1.29 is 4.79 Å². The molecule has 0 spiro atoms. The van der Waals surface area contributed by atoms with Crippen molar-refractivity contribution in [3.8, 4) is 0 Å². The molecule has 0 aliphatic heterocycles. The molecule has 0 aromatic heterocycles. The Kier molecular flexibility index (Phi) is 5.35. The highest BCUT2D eigenvalue weighted by Gasteiger charge is 2.08. The Balaban J connectivity index is 2.08. The van der Waals surface area contributed by atoms with Gasteiger partial charge in [-0.25, -0.2) is 0 Å². The van der Waals surface area contributed by atoms with Gasteiger partial charge in [0.25, 0.3) is 0 Å². The summed E-state index contributed by atoms with van der Waals surface area (Å²) in [6.07, 6.45) is 9.71. The molecule has 1 rings (SSSR count). The number of hydrogen-bond donors (Lipinski definition) is 1. The molecule has 14 heavy (non-hydrogen) atoms. The summed E-state index contributed by atoms with van der Waals surface area (Å²) >= 11 is 0. The number of allylic oxidation sites excluding steroid dienone is 2. The second kappa shape index (κ2) is 6.63. The van der Waals surface area contributed by atoms with Crippen molar-refractivity contribution in [2.75, 3.05) is 6.54 Å². The Morgan fingerprint density at radius 2 is 2.14 bits per heavy atom. The summed E-state index contributed by atoms with van der Waals surface area (Å²) in [6, 6.07) is 0. The minimum Gasteiger partial charge on any atom is -0.388 e. The first-order valence-corrected chi connectivity index (χ1v) is 5.80. The first-order chi connectivity index (χ1) is 6.83. The Hall–Kier alpha value is -0.790. The molecule has 0 radical (unpaired) electrons. The molecule has 0 unspecified atom stereocenters. The molecule has 0 atom stereocenters. The largest absolute Gasteiger partial charge is 0.388 e. The fourth-order valence-corrected chi connectivity index (χ4v) is 1.73. The first-order valence-electron chi connectivity index (χ1n) is 5.80. The molecular formula is C12H21NO. The van der Waals surface area contributed by atoms with Crippen LogP contribution in [0.2, 0.25) is 0 Å². The highest BCUT2D eigenvalue weighted by atomic mass is 16.1. The van der Waals surface area contributed by atoms with Gasteiger partial charge in [0.2, 0.25) is 0 Å². The van der Waals surface area contributed by atoms with E-state index in [-0.39, 0.29) is 5.78 Å². The van der Waals surface area contributed by atoms with E-state index in [1.54, 1.807) is 6.08 Å². The van der Waals surface area contributed by atoms with Gasteiger partial charge in [-0.2, -0.15) is 0 Å². The second-order valence-corrected chi connectivity index (χ2v) is 3.98. The van der Waals surface area contributed by atoms with Crippen LogP contribution in [0.4, 0.5) is 0 Å². The number of nitrogens with one attached hydrogen (secondary N) is 1. The number of unbranched alkanes of at least 4 members (excludes halogenated alkanes) is 3. The van der Waals surface area contributed by atoms with Crippen LogP contribution >= 0.6 is 0 Å². The number of ketones is 1. The normalized spacial score (nSPS) is 16.6. The van der Waals surface area contributed by atoms with Crippen LogP contribution in [0.25, 0.3) is 0 Å². The van der Waals surface area contributed by atoms with Crippen molar-refractivity contribution >= 4 is 5.78 Å². The Morgan fingerprint density at radius 3 is 2.86 bits per heavy atom. The van der Waals surface area contributed by atoms with E-state index in [9.17, 15) is 4.79 Å². The third-order valence-corrected chi connectivity index (χ3v) is 2.59. The van der Waals surface area contributed by atoms with Crippen LogP contribution in [-0.2, 0) is 4.79 Å². The maximum Gasteiger partial charge on any atom is 0.157 e. The van der Waals surface area contributed by atoms with E-state index in [0.717, 1.165) is 31.5 Å².